The largest absolute Gasteiger partial charge is 0.493 e. The van der Waals surface area contributed by atoms with Crippen molar-refractivity contribution in [3.8, 4) is 11.5 Å². The summed E-state index contributed by atoms with van der Waals surface area (Å²) in [6.45, 7) is 3.96. The zero-order valence-corrected chi connectivity index (χ0v) is 17.1. The minimum absolute atomic E-state index is 0.273. The third kappa shape index (κ3) is 7.83. The van der Waals surface area contributed by atoms with Crippen molar-refractivity contribution in [3.63, 3.8) is 0 Å². The summed E-state index contributed by atoms with van der Waals surface area (Å²) in [7, 11) is 0. The summed E-state index contributed by atoms with van der Waals surface area (Å²) in [6, 6.07) is 14.3. The van der Waals surface area contributed by atoms with Gasteiger partial charge in [0.25, 0.3) is 11.8 Å². The second-order valence-electron chi connectivity index (χ2n) is 6.29. The van der Waals surface area contributed by atoms with Crippen molar-refractivity contribution in [2.75, 3.05) is 32.9 Å². The van der Waals surface area contributed by atoms with Gasteiger partial charge in [-0.05, 0) is 43.7 Å². The van der Waals surface area contributed by atoms with Crippen LogP contribution in [0.4, 0.5) is 0 Å². The number of para-hydroxylation sites is 1. The van der Waals surface area contributed by atoms with Gasteiger partial charge in [-0.25, -0.2) is 0 Å². The van der Waals surface area contributed by atoms with E-state index in [9.17, 15) is 14.4 Å². The Morgan fingerprint density at radius 3 is 2.53 bits per heavy atom. The van der Waals surface area contributed by atoms with Gasteiger partial charge in [0.15, 0.2) is 6.61 Å². The Bertz CT molecular complexity index is 868. The maximum atomic E-state index is 12.2. The highest BCUT2D eigenvalue weighted by Gasteiger charge is 2.14. The van der Waals surface area contributed by atoms with Crippen LogP contribution in [0.1, 0.15) is 22.8 Å². The van der Waals surface area contributed by atoms with Crippen molar-refractivity contribution in [1.82, 2.24) is 10.6 Å². The molecular formula is C22H26N2O6. The number of esters is 1. The molecule has 2 aromatic carbocycles. The van der Waals surface area contributed by atoms with Gasteiger partial charge >= 0.3 is 5.97 Å². The molecule has 0 atom stereocenters. The van der Waals surface area contributed by atoms with Crippen LogP contribution in [0.5, 0.6) is 11.5 Å². The third-order valence-electron chi connectivity index (χ3n) is 3.87. The number of hydrogen-bond acceptors (Lipinski definition) is 6. The summed E-state index contributed by atoms with van der Waals surface area (Å²) in [5.41, 5.74) is 1.40. The Balaban J connectivity index is 1.63. The molecule has 0 saturated heterocycles. The SMILES string of the molecule is CCOc1ccccc1C(=O)NCC(=O)OCC(=O)NCCOc1cccc(C)c1. The van der Waals surface area contributed by atoms with Crippen molar-refractivity contribution in [2.45, 2.75) is 13.8 Å². The molecule has 0 saturated carbocycles. The average Bonchev–Trinajstić information content (AvgIpc) is 2.74. The first kappa shape index (κ1) is 22.7. The van der Waals surface area contributed by atoms with E-state index >= 15 is 0 Å². The maximum absolute atomic E-state index is 12.2. The van der Waals surface area contributed by atoms with Crippen molar-refractivity contribution < 1.29 is 28.6 Å². The summed E-state index contributed by atoms with van der Waals surface area (Å²) in [5, 5.41) is 5.04. The lowest BCUT2D eigenvalue weighted by Crippen LogP contribution is -2.35. The molecule has 0 unspecified atom stereocenters. The molecule has 2 N–H and O–H groups in total. The van der Waals surface area contributed by atoms with Gasteiger partial charge in [-0.1, -0.05) is 24.3 Å². The number of carbonyl (C=O) groups excluding carboxylic acids is 3. The van der Waals surface area contributed by atoms with Gasteiger partial charge in [-0.15, -0.1) is 0 Å². The molecule has 0 radical (unpaired) electrons. The summed E-state index contributed by atoms with van der Waals surface area (Å²) < 4.78 is 15.8. The molecule has 8 nitrogen and oxygen atoms in total. The number of amides is 2. The second-order valence-corrected chi connectivity index (χ2v) is 6.29. The lowest BCUT2D eigenvalue weighted by molar-refractivity contribution is -0.147. The van der Waals surface area contributed by atoms with E-state index in [0.29, 0.717) is 24.5 Å². The quantitative estimate of drug-likeness (QED) is 0.430. The van der Waals surface area contributed by atoms with Crippen LogP contribution in [0, 0.1) is 6.92 Å². The molecule has 2 rings (SSSR count). The molecule has 0 spiro atoms. The third-order valence-corrected chi connectivity index (χ3v) is 3.87. The van der Waals surface area contributed by atoms with Gasteiger partial charge in [-0.3, -0.25) is 14.4 Å². The number of benzene rings is 2. The number of carbonyl (C=O) groups is 3. The van der Waals surface area contributed by atoms with E-state index in [1.54, 1.807) is 24.3 Å². The van der Waals surface area contributed by atoms with Crippen LogP contribution >= 0.6 is 0 Å². The first-order valence-corrected chi connectivity index (χ1v) is 9.61. The smallest absolute Gasteiger partial charge is 0.325 e. The minimum atomic E-state index is -0.719. The average molecular weight is 414 g/mol. The standard InChI is InChI=1S/C22H26N2O6/c1-3-28-19-10-5-4-9-18(19)22(27)24-14-21(26)30-15-20(25)23-11-12-29-17-8-6-7-16(2)13-17/h4-10,13H,3,11-12,14-15H2,1-2H3,(H,23,25)(H,24,27). The summed E-state index contributed by atoms with van der Waals surface area (Å²) in [4.78, 5) is 35.7. The molecule has 160 valence electrons. The predicted molar refractivity (Wildman–Crippen MR) is 111 cm³/mol. The number of ether oxygens (including phenoxy) is 3. The summed E-state index contributed by atoms with van der Waals surface area (Å²) >= 11 is 0. The normalized spacial score (nSPS) is 10.1. The van der Waals surface area contributed by atoms with Gasteiger partial charge in [-0.2, -0.15) is 0 Å². The molecule has 2 amide bonds. The lowest BCUT2D eigenvalue weighted by Gasteiger charge is -2.11. The Labute approximate surface area is 175 Å². The lowest BCUT2D eigenvalue weighted by atomic mass is 10.2. The van der Waals surface area contributed by atoms with Crippen LogP contribution in [0.2, 0.25) is 0 Å². The zero-order chi connectivity index (χ0) is 21.8. The van der Waals surface area contributed by atoms with Crippen molar-refractivity contribution in [3.05, 3.63) is 59.7 Å². The van der Waals surface area contributed by atoms with E-state index in [1.165, 1.54) is 0 Å². The maximum Gasteiger partial charge on any atom is 0.325 e. The molecule has 0 bridgehead atoms. The van der Waals surface area contributed by atoms with E-state index in [4.69, 9.17) is 14.2 Å². The Morgan fingerprint density at radius 1 is 0.967 bits per heavy atom. The van der Waals surface area contributed by atoms with Gasteiger partial charge in [0.2, 0.25) is 0 Å². The number of hydrogen-bond donors (Lipinski definition) is 2. The van der Waals surface area contributed by atoms with E-state index in [1.807, 2.05) is 38.1 Å². The molecule has 0 aliphatic rings. The van der Waals surface area contributed by atoms with Gasteiger partial charge in [0, 0.05) is 0 Å². The van der Waals surface area contributed by atoms with E-state index in [2.05, 4.69) is 10.6 Å². The molecule has 0 fully saturated rings. The Kier molecular flexibility index (Phi) is 9.18. The van der Waals surface area contributed by atoms with E-state index < -0.39 is 24.4 Å². The fraction of sp³-hybridized carbons (Fsp3) is 0.318. The fourth-order valence-corrected chi connectivity index (χ4v) is 2.50. The Hall–Kier alpha value is -3.55. The first-order chi connectivity index (χ1) is 14.5. The van der Waals surface area contributed by atoms with E-state index in [0.717, 1.165) is 11.3 Å². The number of aryl methyl sites for hydroxylation is 1. The van der Waals surface area contributed by atoms with Crippen LogP contribution in [-0.2, 0) is 14.3 Å². The van der Waals surface area contributed by atoms with Crippen molar-refractivity contribution >= 4 is 17.8 Å². The van der Waals surface area contributed by atoms with Crippen LogP contribution in [-0.4, -0.2) is 50.7 Å². The monoisotopic (exact) mass is 414 g/mol. The highest BCUT2D eigenvalue weighted by Crippen LogP contribution is 2.17. The van der Waals surface area contributed by atoms with Gasteiger partial charge in [0.1, 0.15) is 24.7 Å². The molecule has 0 aliphatic heterocycles. The van der Waals surface area contributed by atoms with Crippen LogP contribution in [0.25, 0.3) is 0 Å². The summed E-state index contributed by atoms with van der Waals surface area (Å²) in [6.07, 6.45) is 0. The van der Waals surface area contributed by atoms with Crippen LogP contribution < -0.4 is 20.1 Å². The first-order valence-electron chi connectivity index (χ1n) is 9.61. The van der Waals surface area contributed by atoms with Gasteiger partial charge < -0.3 is 24.8 Å². The van der Waals surface area contributed by atoms with Crippen molar-refractivity contribution in [2.24, 2.45) is 0 Å². The topological polar surface area (TPSA) is 103 Å². The van der Waals surface area contributed by atoms with Crippen LogP contribution in [0.15, 0.2) is 48.5 Å². The van der Waals surface area contributed by atoms with Crippen LogP contribution in [0.3, 0.4) is 0 Å². The Morgan fingerprint density at radius 2 is 1.77 bits per heavy atom. The fourth-order valence-electron chi connectivity index (χ4n) is 2.50. The van der Waals surface area contributed by atoms with Gasteiger partial charge in [0.05, 0.1) is 18.7 Å². The molecule has 2 aromatic rings. The molecule has 8 heteroatoms. The summed E-state index contributed by atoms with van der Waals surface area (Å²) in [5.74, 6) is -0.489. The zero-order valence-electron chi connectivity index (χ0n) is 17.1. The minimum Gasteiger partial charge on any atom is -0.493 e. The molecule has 0 heterocycles. The van der Waals surface area contributed by atoms with E-state index in [-0.39, 0.29) is 13.1 Å². The highest BCUT2D eigenvalue weighted by molar-refractivity contribution is 5.98. The number of nitrogens with one attached hydrogen (secondary N) is 2. The predicted octanol–water partition coefficient (Wildman–Crippen LogP) is 1.86. The number of rotatable bonds is 11. The molecule has 0 aromatic heterocycles. The highest BCUT2D eigenvalue weighted by atomic mass is 16.5. The second kappa shape index (κ2) is 12.1. The molecule has 0 aliphatic carbocycles. The van der Waals surface area contributed by atoms with Crippen molar-refractivity contribution in [1.29, 1.82) is 0 Å². The molecule has 30 heavy (non-hydrogen) atoms. The molecular weight excluding hydrogens is 388 g/mol.